The second-order valence-corrected chi connectivity index (χ2v) is 5.01. The fourth-order valence-electron chi connectivity index (χ4n) is 1.95. The van der Waals surface area contributed by atoms with E-state index in [1.165, 1.54) is 12.1 Å². The van der Waals surface area contributed by atoms with Gasteiger partial charge in [0.2, 0.25) is 0 Å². The summed E-state index contributed by atoms with van der Waals surface area (Å²) in [4.78, 5) is 0.145. The van der Waals surface area contributed by atoms with Crippen LogP contribution in [-0.2, 0) is 13.0 Å². The van der Waals surface area contributed by atoms with Crippen LogP contribution in [-0.4, -0.2) is 16.7 Å². The lowest BCUT2D eigenvalue weighted by molar-refractivity contribution is 0.298. The van der Waals surface area contributed by atoms with E-state index in [0.29, 0.717) is 17.7 Å². The minimum atomic E-state index is -0.380. The van der Waals surface area contributed by atoms with Crippen LogP contribution in [0, 0.1) is 5.82 Å². The van der Waals surface area contributed by atoms with Gasteiger partial charge in [-0.25, -0.2) is 4.39 Å². The molecule has 0 atom stereocenters. The SMILES string of the molecule is NC(=S)c1cc(F)ccc1COc1ccc(CCO)cc1. The van der Waals surface area contributed by atoms with Gasteiger partial charge in [0.1, 0.15) is 23.2 Å². The summed E-state index contributed by atoms with van der Waals surface area (Å²) in [6.07, 6.45) is 0.615. The molecule has 0 aromatic heterocycles. The van der Waals surface area contributed by atoms with Gasteiger partial charge >= 0.3 is 0 Å². The van der Waals surface area contributed by atoms with Crippen molar-refractivity contribution in [3.8, 4) is 5.75 Å². The monoisotopic (exact) mass is 305 g/mol. The maximum atomic E-state index is 13.2. The molecule has 2 aromatic rings. The summed E-state index contributed by atoms with van der Waals surface area (Å²) >= 11 is 4.92. The first kappa shape index (κ1) is 15.4. The van der Waals surface area contributed by atoms with Gasteiger partial charge in [-0.1, -0.05) is 30.4 Å². The maximum absolute atomic E-state index is 13.2. The minimum Gasteiger partial charge on any atom is -0.489 e. The van der Waals surface area contributed by atoms with E-state index in [1.807, 2.05) is 24.3 Å². The Balaban J connectivity index is 2.07. The number of benzene rings is 2. The van der Waals surface area contributed by atoms with Gasteiger partial charge < -0.3 is 15.6 Å². The van der Waals surface area contributed by atoms with Crippen molar-refractivity contribution in [2.45, 2.75) is 13.0 Å². The van der Waals surface area contributed by atoms with Gasteiger partial charge in [0, 0.05) is 12.2 Å². The predicted octanol–water partition coefficient (Wildman–Crippen LogP) is 2.57. The first-order chi connectivity index (χ1) is 10.1. The topological polar surface area (TPSA) is 55.5 Å². The van der Waals surface area contributed by atoms with E-state index in [-0.39, 0.29) is 24.0 Å². The van der Waals surface area contributed by atoms with Crippen LogP contribution in [0.2, 0.25) is 0 Å². The third kappa shape index (κ3) is 4.24. The Hall–Kier alpha value is -1.98. The van der Waals surface area contributed by atoms with E-state index in [1.54, 1.807) is 6.07 Å². The minimum absolute atomic E-state index is 0.118. The first-order valence-electron chi connectivity index (χ1n) is 6.51. The number of rotatable bonds is 6. The Morgan fingerprint density at radius 2 is 1.90 bits per heavy atom. The number of hydrogen-bond acceptors (Lipinski definition) is 3. The number of ether oxygens (including phenoxy) is 1. The molecule has 0 amide bonds. The molecule has 0 unspecified atom stereocenters. The lowest BCUT2D eigenvalue weighted by Crippen LogP contribution is -2.14. The molecule has 0 aliphatic carbocycles. The molecule has 21 heavy (non-hydrogen) atoms. The zero-order valence-electron chi connectivity index (χ0n) is 11.4. The zero-order valence-corrected chi connectivity index (χ0v) is 12.2. The smallest absolute Gasteiger partial charge is 0.123 e. The van der Waals surface area contributed by atoms with Gasteiger partial charge in [0.25, 0.3) is 0 Å². The Morgan fingerprint density at radius 1 is 1.19 bits per heavy atom. The molecule has 0 fully saturated rings. The second-order valence-electron chi connectivity index (χ2n) is 4.57. The van der Waals surface area contributed by atoms with Gasteiger partial charge in [0.15, 0.2) is 0 Å². The lowest BCUT2D eigenvalue weighted by atomic mass is 10.1. The number of hydrogen-bond donors (Lipinski definition) is 2. The highest BCUT2D eigenvalue weighted by Crippen LogP contribution is 2.17. The normalized spacial score (nSPS) is 10.4. The number of aliphatic hydroxyl groups is 1. The number of nitrogens with two attached hydrogens (primary N) is 1. The highest BCUT2D eigenvalue weighted by Gasteiger charge is 2.07. The Bertz CT molecular complexity index is 629. The summed E-state index contributed by atoms with van der Waals surface area (Å²) in [5.74, 6) is 0.310. The van der Waals surface area contributed by atoms with Crippen molar-refractivity contribution in [2.75, 3.05) is 6.61 Å². The summed E-state index contributed by atoms with van der Waals surface area (Å²) in [7, 11) is 0. The number of aliphatic hydroxyl groups excluding tert-OH is 1. The standard InChI is InChI=1S/C16H16FNO2S/c17-13-4-3-12(15(9-13)16(18)21)10-20-14-5-1-11(2-6-14)7-8-19/h1-6,9,19H,7-8,10H2,(H2,18,21). The van der Waals surface area contributed by atoms with Crippen LogP contribution in [0.15, 0.2) is 42.5 Å². The van der Waals surface area contributed by atoms with Crippen molar-refractivity contribution in [3.05, 3.63) is 65.0 Å². The molecule has 3 nitrogen and oxygen atoms in total. The number of thiocarbonyl (C=S) groups is 1. The summed E-state index contributed by atoms with van der Waals surface area (Å²) in [5, 5.41) is 8.86. The fraction of sp³-hybridized carbons (Fsp3) is 0.188. The molecule has 3 N–H and O–H groups in total. The first-order valence-corrected chi connectivity index (χ1v) is 6.92. The van der Waals surface area contributed by atoms with Gasteiger partial charge in [0.05, 0.1) is 0 Å². The van der Waals surface area contributed by atoms with Crippen molar-refractivity contribution in [1.82, 2.24) is 0 Å². The van der Waals surface area contributed by atoms with Crippen LogP contribution in [0.4, 0.5) is 4.39 Å². The third-order valence-electron chi connectivity index (χ3n) is 3.06. The second kappa shape index (κ2) is 7.15. The van der Waals surface area contributed by atoms with Crippen LogP contribution in [0.1, 0.15) is 16.7 Å². The van der Waals surface area contributed by atoms with Gasteiger partial charge in [-0.05, 0) is 41.8 Å². The highest BCUT2D eigenvalue weighted by atomic mass is 32.1. The average molecular weight is 305 g/mol. The van der Waals surface area contributed by atoms with E-state index in [0.717, 1.165) is 11.1 Å². The average Bonchev–Trinajstić information content (AvgIpc) is 2.47. The maximum Gasteiger partial charge on any atom is 0.123 e. The Labute approximate surface area is 128 Å². The van der Waals surface area contributed by atoms with Crippen molar-refractivity contribution < 1.29 is 14.2 Å². The van der Waals surface area contributed by atoms with Crippen molar-refractivity contribution in [1.29, 1.82) is 0 Å². The van der Waals surface area contributed by atoms with Crippen LogP contribution in [0.5, 0.6) is 5.75 Å². The van der Waals surface area contributed by atoms with Gasteiger partial charge in [-0.15, -0.1) is 0 Å². The summed E-state index contributed by atoms with van der Waals surface area (Å²) in [6.45, 7) is 0.374. The fourth-order valence-corrected chi connectivity index (χ4v) is 2.14. The van der Waals surface area contributed by atoms with Crippen molar-refractivity contribution in [2.24, 2.45) is 5.73 Å². The van der Waals surface area contributed by atoms with E-state index in [9.17, 15) is 4.39 Å². The summed E-state index contributed by atoms with van der Waals surface area (Å²) in [5.41, 5.74) is 7.86. The van der Waals surface area contributed by atoms with Crippen LogP contribution >= 0.6 is 12.2 Å². The molecule has 0 saturated heterocycles. The van der Waals surface area contributed by atoms with E-state index < -0.39 is 0 Å². The molecule has 2 rings (SSSR count). The quantitative estimate of drug-likeness (QED) is 0.805. The highest BCUT2D eigenvalue weighted by molar-refractivity contribution is 7.80. The molecule has 0 heterocycles. The van der Waals surface area contributed by atoms with E-state index in [2.05, 4.69) is 0 Å². The van der Waals surface area contributed by atoms with Crippen molar-refractivity contribution in [3.63, 3.8) is 0 Å². The third-order valence-corrected chi connectivity index (χ3v) is 3.28. The van der Waals surface area contributed by atoms with Crippen molar-refractivity contribution >= 4 is 17.2 Å². The molecule has 5 heteroatoms. The Morgan fingerprint density at radius 3 is 2.52 bits per heavy atom. The van der Waals surface area contributed by atoms with E-state index in [4.69, 9.17) is 27.8 Å². The molecule has 0 aliphatic heterocycles. The Kier molecular flexibility index (Phi) is 5.25. The van der Waals surface area contributed by atoms with Crippen LogP contribution < -0.4 is 10.5 Å². The van der Waals surface area contributed by atoms with Crippen LogP contribution in [0.3, 0.4) is 0 Å². The number of halogens is 1. The molecule has 0 bridgehead atoms. The van der Waals surface area contributed by atoms with Crippen LogP contribution in [0.25, 0.3) is 0 Å². The summed E-state index contributed by atoms with van der Waals surface area (Å²) < 4.78 is 18.9. The molecule has 0 radical (unpaired) electrons. The zero-order chi connectivity index (χ0) is 15.2. The largest absolute Gasteiger partial charge is 0.489 e. The molecule has 110 valence electrons. The molecule has 0 spiro atoms. The molecular formula is C16H16FNO2S. The molecule has 2 aromatic carbocycles. The van der Waals surface area contributed by atoms with Gasteiger partial charge in [-0.3, -0.25) is 0 Å². The summed E-state index contributed by atoms with van der Waals surface area (Å²) in [6, 6.07) is 11.7. The predicted molar refractivity (Wildman–Crippen MR) is 83.9 cm³/mol. The van der Waals surface area contributed by atoms with Gasteiger partial charge in [-0.2, -0.15) is 0 Å². The lowest BCUT2D eigenvalue weighted by Gasteiger charge is -2.11. The molecule has 0 saturated carbocycles. The van der Waals surface area contributed by atoms with E-state index >= 15 is 0 Å². The molecular weight excluding hydrogens is 289 g/mol. The molecule has 0 aliphatic rings.